The van der Waals surface area contributed by atoms with E-state index in [-0.39, 0.29) is 17.1 Å². The van der Waals surface area contributed by atoms with Crippen molar-refractivity contribution in [2.45, 2.75) is 32.6 Å². The highest BCUT2D eigenvalue weighted by atomic mass is 32.2. The summed E-state index contributed by atoms with van der Waals surface area (Å²) in [6.07, 6.45) is 0. The zero-order valence-electron chi connectivity index (χ0n) is 12.6. The molecule has 0 radical (unpaired) electrons. The molecule has 0 aliphatic heterocycles. The Morgan fingerprint density at radius 2 is 1.85 bits per heavy atom. The van der Waals surface area contributed by atoms with Crippen LogP contribution in [0.5, 0.6) is 0 Å². The molecule has 0 saturated heterocycles. The van der Waals surface area contributed by atoms with Gasteiger partial charge in [-0.05, 0) is 43.0 Å². The van der Waals surface area contributed by atoms with Gasteiger partial charge in [0.15, 0.2) is 0 Å². The molecule has 20 heavy (non-hydrogen) atoms. The van der Waals surface area contributed by atoms with Gasteiger partial charge in [0.25, 0.3) is 0 Å². The highest BCUT2D eigenvalue weighted by molar-refractivity contribution is 7.89. The summed E-state index contributed by atoms with van der Waals surface area (Å²) in [6, 6.07) is 3.28. The Labute approximate surface area is 121 Å². The van der Waals surface area contributed by atoms with Crippen LogP contribution in [0, 0.1) is 19.8 Å². The first-order valence-electron chi connectivity index (χ1n) is 6.68. The van der Waals surface area contributed by atoms with Crippen LogP contribution in [0.25, 0.3) is 0 Å². The van der Waals surface area contributed by atoms with E-state index in [2.05, 4.69) is 4.72 Å². The summed E-state index contributed by atoms with van der Waals surface area (Å²) in [4.78, 5) is 0.129. The molecule has 1 rings (SSSR count). The molecule has 0 aromatic heterocycles. The van der Waals surface area contributed by atoms with E-state index < -0.39 is 10.0 Å². The number of nitrogens with two attached hydrogens (primary N) is 1. The van der Waals surface area contributed by atoms with Crippen LogP contribution in [0.2, 0.25) is 0 Å². The fourth-order valence-corrected chi connectivity index (χ4v) is 2.90. The van der Waals surface area contributed by atoms with Crippen LogP contribution in [0.3, 0.4) is 0 Å². The summed E-state index contributed by atoms with van der Waals surface area (Å²) in [7, 11) is -3.59. The zero-order valence-corrected chi connectivity index (χ0v) is 13.4. The summed E-state index contributed by atoms with van der Waals surface area (Å²) >= 11 is 0. The first-order chi connectivity index (χ1) is 9.24. The number of aryl methyl sites for hydroxylation is 2. The smallest absolute Gasteiger partial charge is 0.242 e. The molecule has 6 heteroatoms. The van der Waals surface area contributed by atoms with Crippen LogP contribution in [0.1, 0.15) is 25.0 Å². The zero-order chi connectivity index (χ0) is 15.3. The monoisotopic (exact) mass is 300 g/mol. The van der Waals surface area contributed by atoms with Gasteiger partial charge in [-0.2, -0.15) is 0 Å². The van der Waals surface area contributed by atoms with Crippen LogP contribution in [0.4, 0.5) is 5.69 Å². The van der Waals surface area contributed by atoms with Crippen LogP contribution < -0.4 is 10.5 Å². The van der Waals surface area contributed by atoms with Crippen LogP contribution >= 0.6 is 0 Å². The summed E-state index contributed by atoms with van der Waals surface area (Å²) in [5.74, 6) is 0.432. The van der Waals surface area contributed by atoms with Gasteiger partial charge < -0.3 is 10.5 Å². The number of nitrogen functional groups attached to an aromatic ring is 1. The van der Waals surface area contributed by atoms with Crippen LogP contribution in [-0.2, 0) is 14.8 Å². The molecule has 0 saturated carbocycles. The van der Waals surface area contributed by atoms with Crippen molar-refractivity contribution in [3.63, 3.8) is 0 Å². The van der Waals surface area contributed by atoms with Gasteiger partial charge in [-0.3, -0.25) is 0 Å². The molecule has 0 atom stereocenters. The van der Waals surface area contributed by atoms with Gasteiger partial charge in [0.05, 0.1) is 12.3 Å². The fourth-order valence-electron chi connectivity index (χ4n) is 1.69. The van der Waals surface area contributed by atoms with E-state index >= 15 is 0 Å². The largest absolute Gasteiger partial charge is 0.398 e. The number of hydrogen-bond donors (Lipinski definition) is 2. The summed E-state index contributed by atoms with van der Waals surface area (Å²) in [5, 5.41) is 0. The molecule has 0 heterocycles. The summed E-state index contributed by atoms with van der Waals surface area (Å²) in [6.45, 7) is 9.05. The van der Waals surface area contributed by atoms with E-state index in [1.807, 2.05) is 27.7 Å². The standard InChI is InChI=1S/C14H24N2O3S/c1-10(2)9-19-6-5-16-20(17,18)14-8-12(4)11(3)7-13(14)15/h7-8,10,16H,5-6,9,15H2,1-4H3. The second-order valence-corrected chi connectivity index (χ2v) is 7.08. The maximum Gasteiger partial charge on any atom is 0.242 e. The van der Waals surface area contributed by atoms with Gasteiger partial charge in [-0.25, -0.2) is 13.1 Å². The molecular weight excluding hydrogens is 276 g/mol. The van der Waals surface area contributed by atoms with E-state index in [0.717, 1.165) is 11.1 Å². The number of benzene rings is 1. The molecule has 3 N–H and O–H groups in total. The SMILES string of the molecule is Cc1cc(N)c(S(=O)(=O)NCCOCC(C)C)cc1C. The average Bonchev–Trinajstić information content (AvgIpc) is 2.32. The Morgan fingerprint density at radius 1 is 1.25 bits per heavy atom. The minimum atomic E-state index is -3.59. The van der Waals surface area contributed by atoms with Gasteiger partial charge in [-0.15, -0.1) is 0 Å². The Bertz CT molecular complexity index is 554. The third kappa shape index (κ3) is 4.77. The molecule has 114 valence electrons. The van der Waals surface area contributed by atoms with Crippen LogP contribution in [-0.4, -0.2) is 28.2 Å². The van der Waals surface area contributed by atoms with Crippen molar-refractivity contribution >= 4 is 15.7 Å². The maximum absolute atomic E-state index is 12.2. The molecule has 0 amide bonds. The van der Waals surface area contributed by atoms with E-state index in [9.17, 15) is 8.42 Å². The van der Waals surface area contributed by atoms with Crippen LogP contribution in [0.15, 0.2) is 17.0 Å². The fraction of sp³-hybridized carbons (Fsp3) is 0.571. The summed E-state index contributed by atoms with van der Waals surface area (Å²) in [5.41, 5.74) is 7.94. The van der Waals surface area contributed by atoms with Gasteiger partial charge in [-0.1, -0.05) is 13.8 Å². The average molecular weight is 300 g/mol. The second kappa shape index (κ2) is 7.06. The van der Waals surface area contributed by atoms with Gasteiger partial charge in [0, 0.05) is 13.2 Å². The molecule has 0 aliphatic carbocycles. The number of ether oxygens (including phenoxy) is 1. The third-order valence-corrected chi connectivity index (χ3v) is 4.42. The van der Waals surface area contributed by atoms with Crippen molar-refractivity contribution in [3.05, 3.63) is 23.3 Å². The minimum absolute atomic E-state index is 0.129. The number of nitrogens with one attached hydrogen (secondary N) is 1. The molecule has 5 nitrogen and oxygen atoms in total. The lowest BCUT2D eigenvalue weighted by atomic mass is 10.1. The van der Waals surface area contributed by atoms with Gasteiger partial charge >= 0.3 is 0 Å². The molecule has 0 bridgehead atoms. The van der Waals surface area contributed by atoms with Gasteiger partial charge in [0.1, 0.15) is 4.90 Å². The lowest BCUT2D eigenvalue weighted by Gasteiger charge is -2.12. The molecule has 0 spiro atoms. The van der Waals surface area contributed by atoms with E-state index in [4.69, 9.17) is 10.5 Å². The van der Waals surface area contributed by atoms with Crippen molar-refractivity contribution in [1.29, 1.82) is 0 Å². The number of rotatable bonds is 7. The highest BCUT2D eigenvalue weighted by Gasteiger charge is 2.17. The number of anilines is 1. The number of sulfonamides is 1. The number of hydrogen-bond acceptors (Lipinski definition) is 4. The van der Waals surface area contributed by atoms with Crippen molar-refractivity contribution in [1.82, 2.24) is 4.72 Å². The predicted octanol–water partition coefficient (Wildman–Crippen LogP) is 1.84. The third-order valence-electron chi connectivity index (χ3n) is 2.91. The molecular formula is C14H24N2O3S. The van der Waals surface area contributed by atoms with Crippen molar-refractivity contribution in [3.8, 4) is 0 Å². The minimum Gasteiger partial charge on any atom is -0.398 e. The normalized spacial score (nSPS) is 12.1. The van der Waals surface area contributed by atoms with Crippen molar-refractivity contribution in [2.24, 2.45) is 5.92 Å². The molecule has 0 fully saturated rings. The first kappa shape index (κ1) is 16.9. The predicted molar refractivity (Wildman–Crippen MR) is 81.2 cm³/mol. The van der Waals surface area contributed by atoms with Crippen molar-refractivity contribution < 1.29 is 13.2 Å². The summed E-state index contributed by atoms with van der Waals surface area (Å²) < 4.78 is 32.2. The lowest BCUT2D eigenvalue weighted by molar-refractivity contribution is 0.114. The molecule has 1 aromatic carbocycles. The lowest BCUT2D eigenvalue weighted by Crippen LogP contribution is -2.28. The molecule has 1 aromatic rings. The topological polar surface area (TPSA) is 81.4 Å². The van der Waals surface area contributed by atoms with E-state index in [1.54, 1.807) is 12.1 Å². The Hall–Kier alpha value is -1.11. The Morgan fingerprint density at radius 3 is 2.45 bits per heavy atom. The maximum atomic E-state index is 12.2. The van der Waals surface area contributed by atoms with E-state index in [1.165, 1.54) is 0 Å². The second-order valence-electron chi connectivity index (χ2n) is 5.34. The molecule has 0 aliphatic rings. The van der Waals surface area contributed by atoms with E-state index in [0.29, 0.717) is 19.1 Å². The van der Waals surface area contributed by atoms with Gasteiger partial charge in [0.2, 0.25) is 10.0 Å². The Balaban J connectivity index is 2.68. The first-order valence-corrected chi connectivity index (χ1v) is 8.16. The van der Waals surface area contributed by atoms with Crippen molar-refractivity contribution in [2.75, 3.05) is 25.5 Å². The quantitative estimate of drug-likeness (QED) is 0.594. The Kier molecular flexibility index (Phi) is 5.98. The highest BCUT2D eigenvalue weighted by Crippen LogP contribution is 2.22. The molecule has 0 unspecified atom stereocenters.